The zero-order chi connectivity index (χ0) is 17.6. The van der Waals surface area contributed by atoms with Crippen LogP contribution in [0, 0.1) is 5.82 Å². The molecule has 0 aliphatic heterocycles. The van der Waals surface area contributed by atoms with Crippen LogP contribution in [0.5, 0.6) is 0 Å². The Morgan fingerprint density at radius 2 is 1.74 bits per heavy atom. The van der Waals surface area contributed by atoms with Gasteiger partial charge in [-0.05, 0) is 58.2 Å². The minimum atomic E-state index is -0.936. The van der Waals surface area contributed by atoms with E-state index in [9.17, 15) is 14.0 Å². The molecule has 1 unspecified atom stereocenters. The molecule has 0 radical (unpaired) electrons. The van der Waals surface area contributed by atoms with Gasteiger partial charge in [0.05, 0.1) is 0 Å². The highest BCUT2D eigenvalue weighted by Gasteiger charge is 2.19. The first-order valence-electron chi connectivity index (χ1n) is 7.63. The summed E-state index contributed by atoms with van der Waals surface area (Å²) < 4.78 is 12.9. The van der Waals surface area contributed by atoms with E-state index in [0.29, 0.717) is 24.1 Å². The first kappa shape index (κ1) is 18.9. The number of carbonyl (C=O) groups excluding carboxylic acids is 1. The van der Waals surface area contributed by atoms with E-state index in [1.165, 1.54) is 19.1 Å². The van der Waals surface area contributed by atoms with Crippen molar-refractivity contribution in [2.75, 3.05) is 6.54 Å². The fourth-order valence-corrected chi connectivity index (χ4v) is 2.40. The molecule has 4 nitrogen and oxygen atoms in total. The normalized spacial score (nSPS) is 13.3. The number of hydrogen-bond acceptors (Lipinski definition) is 3. The fourth-order valence-electron chi connectivity index (χ4n) is 2.40. The zero-order valence-electron chi connectivity index (χ0n) is 14.1. The number of aryl methyl sites for hydroxylation is 1. The molecule has 1 aromatic carbocycles. The molecule has 5 heteroatoms. The molecule has 0 spiro atoms. The van der Waals surface area contributed by atoms with Gasteiger partial charge in [0.1, 0.15) is 12.4 Å². The number of hydrogen-bond donors (Lipinski definition) is 1. The molecule has 1 atom stereocenters. The molecule has 126 valence electrons. The van der Waals surface area contributed by atoms with Crippen molar-refractivity contribution in [3.63, 3.8) is 0 Å². The summed E-state index contributed by atoms with van der Waals surface area (Å²) in [4.78, 5) is 24.4. The van der Waals surface area contributed by atoms with Crippen LogP contribution in [0.3, 0.4) is 0 Å². The van der Waals surface area contributed by atoms with E-state index in [2.05, 4.69) is 0 Å². The van der Waals surface area contributed by atoms with Crippen LogP contribution in [0.25, 0.3) is 0 Å². The van der Waals surface area contributed by atoms with Crippen molar-refractivity contribution in [1.29, 1.82) is 0 Å². The minimum Gasteiger partial charge on any atom is -0.480 e. The molecule has 1 rings (SSSR count). The molecule has 0 heterocycles. The molecule has 0 fully saturated rings. The van der Waals surface area contributed by atoms with E-state index in [4.69, 9.17) is 5.11 Å². The first-order chi connectivity index (χ1) is 10.7. The molecule has 23 heavy (non-hydrogen) atoms. The highest BCUT2D eigenvalue weighted by atomic mass is 19.1. The fraction of sp³-hybridized carbons (Fsp3) is 0.444. The van der Waals surface area contributed by atoms with Crippen LogP contribution < -0.4 is 0 Å². The lowest BCUT2D eigenvalue weighted by Crippen LogP contribution is -2.37. The average molecular weight is 321 g/mol. The smallest absolute Gasteiger partial charge is 0.323 e. The predicted octanol–water partition coefficient (Wildman–Crippen LogP) is 3.42. The molecule has 1 N–H and O–H groups in total. The van der Waals surface area contributed by atoms with Crippen molar-refractivity contribution >= 4 is 11.8 Å². The summed E-state index contributed by atoms with van der Waals surface area (Å²) in [6.45, 7) is 6.73. The van der Waals surface area contributed by atoms with Crippen molar-refractivity contribution in [3.8, 4) is 0 Å². The number of carboxylic acids is 1. The number of allylic oxidation sites excluding steroid dienone is 2. The Kier molecular flexibility index (Phi) is 6.94. The van der Waals surface area contributed by atoms with Gasteiger partial charge < -0.3 is 10.0 Å². The number of carbonyl (C=O) groups is 2. The van der Waals surface area contributed by atoms with Gasteiger partial charge >= 0.3 is 5.97 Å². The molecule has 0 saturated heterocycles. The Morgan fingerprint density at radius 1 is 1.17 bits per heavy atom. The third-order valence-electron chi connectivity index (χ3n) is 4.10. The number of ketones is 1. The summed E-state index contributed by atoms with van der Waals surface area (Å²) in [6, 6.07) is 6.24. The number of nitrogens with zero attached hydrogens (tertiary/aromatic N) is 1. The molecule has 0 aliphatic rings. The van der Waals surface area contributed by atoms with Crippen LogP contribution in [-0.2, 0) is 16.0 Å². The lowest BCUT2D eigenvalue weighted by Gasteiger charge is -2.31. The van der Waals surface area contributed by atoms with Gasteiger partial charge in [-0.1, -0.05) is 12.1 Å². The van der Waals surface area contributed by atoms with Crippen molar-refractivity contribution in [1.82, 2.24) is 4.90 Å². The summed E-state index contributed by atoms with van der Waals surface area (Å²) >= 11 is 0. The van der Waals surface area contributed by atoms with Gasteiger partial charge in [-0.15, -0.1) is 0 Å². The molecule has 0 amide bonds. The second kappa shape index (κ2) is 8.46. The predicted molar refractivity (Wildman–Crippen MR) is 87.6 cm³/mol. The minimum absolute atomic E-state index is 0.0505. The Bertz CT molecular complexity index is 593. The maximum absolute atomic E-state index is 12.9. The Labute approximate surface area is 136 Å². The second-order valence-corrected chi connectivity index (χ2v) is 5.80. The molecule has 0 saturated carbocycles. The van der Waals surface area contributed by atoms with Crippen molar-refractivity contribution < 1.29 is 19.1 Å². The van der Waals surface area contributed by atoms with Crippen molar-refractivity contribution in [3.05, 3.63) is 46.9 Å². The van der Waals surface area contributed by atoms with Crippen LogP contribution in [0.1, 0.15) is 39.7 Å². The average Bonchev–Trinajstić information content (AvgIpc) is 2.50. The molecular weight excluding hydrogens is 297 g/mol. The number of Topliss-reactive ketones (excluding diaryl/α,β-unsaturated/α-hetero) is 1. The van der Waals surface area contributed by atoms with Crippen molar-refractivity contribution in [2.45, 2.75) is 46.6 Å². The quantitative estimate of drug-likeness (QED) is 0.745. The van der Waals surface area contributed by atoms with Gasteiger partial charge in [-0.25, -0.2) is 4.39 Å². The highest BCUT2D eigenvalue weighted by Crippen LogP contribution is 2.18. The molecule has 1 aromatic rings. The highest BCUT2D eigenvalue weighted by molar-refractivity contribution is 5.93. The van der Waals surface area contributed by atoms with Crippen LogP contribution in [-0.4, -0.2) is 34.3 Å². The first-order valence-corrected chi connectivity index (χ1v) is 7.63. The van der Waals surface area contributed by atoms with E-state index in [0.717, 1.165) is 5.56 Å². The molecule has 0 aromatic heterocycles. The summed E-state index contributed by atoms with van der Waals surface area (Å²) in [7, 11) is 0. The topological polar surface area (TPSA) is 57.6 Å². The summed E-state index contributed by atoms with van der Waals surface area (Å²) in [5.41, 5.74) is 2.25. The van der Waals surface area contributed by atoms with Gasteiger partial charge in [0.2, 0.25) is 0 Å². The van der Waals surface area contributed by atoms with Crippen LogP contribution in [0.15, 0.2) is 35.5 Å². The van der Waals surface area contributed by atoms with Gasteiger partial charge in [-0.3, -0.25) is 9.59 Å². The van der Waals surface area contributed by atoms with Gasteiger partial charge in [0.25, 0.3) is 0 Å². The maximum atomic E-state index is 12.9. The van der Waals surface area contributed by atoms with E-state index in [1.54, 1.807) is 30.9 Å². The van der Waals surface area contributed by atoms with Crippen LogP contribution in [0.2, 0.25) is 0 Å². The third-order valence-corrected chi connectivity index (χ3v) is 4.10. The second-order valence-electron chi connectivity index (χ2n) is 5.80. The summed E-state index contributed by atoms with van der Waals surface area (Å²) in [5, 5.41) is 9.13. The molecule has 0 bridgehead atoms. The standard InChI is InChI=1S/C18H24FNO3/c1-12(5-6-16-7-9-17(19)10-8-16)20(11-18(22)23)14(3)13(2)15(4)21/h7-10,12H,5-6,11H2,1-4H3,(H,22,23)/b14-13-. The third kappa shape index (κ3) is 5.85. The number of benzene rings is 1. The van der Waals surface area contributed by atoms with E-state index >= 15 is 0 Å². The van der Waals surface area contributed by atoms with Gasteiger partial charge in [-0.2, -0.15) is 0 Å². The number of rotatable bonds is 8. The van der Waals surface area contributed by atoms with Gasteiger partial charge in [0, 0.05) is 17.3 Å². The van der Waals surface area contributed by atoms with E-state index in [-0.39, 0.29) is 24.2 Å². The lowest BCUT2D eigenvalue weighted by molar-refractivity contribution is -0.138. The molecule has 0 aliphatic carbocycles. The number of carboxylic acid groups (broad SMARTS) is 1. The molecular formula is C18H24FNO3. The SMILES string of the molecule is CC(=O)/C(C)=C(/C)N(CC(=O)O)C(C)CCc1ccc(F)cc1. The van der Waals surface area contributed by atoms with E-state index in [1.807, 2.05) is 6.92 Å². The Morgan fingerprint density at radius 3 is 2.22 bits per heavy atom. The Hall–Kier alpha value is -2.17. The summed E-state index contributed by atoms with van der Waals surface area (Å²) in [6.07, 6.45) is 1.42. The van der Waals surface area contributed by atoms with E-state index < -0.39 is 5.97 Å². The summed E-state index contributed by atoms with van der Waals surface area (Å²) in [5.74, 6) is -1.27. The number of aliphatic carboxylic acids is 1. The lowest BCUT2D eigenvalue weighted by atomic mass is 10.0. The van der Waals surface area contributed by atoms with Crippen LogP contribution in [0.4, 0.5) is 4.39 Å². The van der Waals surface area contributed by atoms with Gasteiger partial charge in [0.15, 0.2) is 5.78 Å². The monoisotopic (exact) mass is 321 g/mol. The maximum Gasteiger partial charge on any atom is 0.323 e. The Balaban J connectivity index is 2.85. The van der Waals surface area contributed by atoms with Crippen LogP contribution >= 0.6 is 0 Å². The van der Waals surface area contributed by atoms with Crippen molar-refractivity contribution in [2.24, 2.45) is 0 Å². The largest absolute Gasteiger partial charge is 0.480 e. The zero-order valence-corrected chi connectivity index (χ0v) is 14.1. The number of halogens is 1.